The molecule has 0 saturated heterocycles. The summed E-state index contributed by atoms with van der Waals surface area (Å²) in [6.45, 7) is 0. The topological polar surface area (TPSA) is 42.1 Å². The number of hydrogen-bond acceptors (Lipinski definition) is 2. The average Bonchev–Trinajstić information content (AvgIpc) is 2.63. The van der Waals surface area contributed by atoms with Crippen molar-refractivity contribution in [1.82, 2.24) is 4.98 Å². The Labute approximate surface area is 75.3 Å². The number of aromatic amines is 1. The van der Waals surface area contributed by atoms with Gasteiger partial charge in [0.15, 0.2) is 0 Å². The van der Waals surface area contributed by atoms with Crippen molar-refractivity contribution in [2.24, 2.45) is 0 Å². The zero-order valence-corrected chi connectivity index (χ0v) is 7.20. The first-order valence-corrected chi connectivity index (χ1v) is 3.95. The number of ether oxygens (including phenoxy) is 1. The van der Waals surface area contributed by atoms with Gasteiger partial charge in [0.2, 0.25) is 0 Å². The minimum Gasteiger partial charge on any atom is -0.495 e. The number of methoxy groups -OCH3 is 1. The number of hydrogen-bond donors (Lipinski definition) is 1. The van der Waals surface area contributed by atoms with Crippen molar-refractivity contribution in [1.29, 1.82) is 0 Å². The maximum absolute atomic E-state index is 10.6. The highest BCUT2D eigenvalue weighted by atomic mass is 16.5. The number of benzene rings is 1. The van der Waals surface area contributed by atoms with Crippen LogP contribution in [-0.4, -0.2) is 18.4 Å². The Morgan fingerprint density at radius 1 is 1.46 bits per heavy atom. The van der Waals surface area contributed by atoms with Crippen LogP contribution in [0.25, 0.3) is 10.9 Å². The molecule has 0 unspecified atom stereocenters. The lowest BCUT2D eigenvalue weighted by molar-refractivity contribution is 0.112. The first kappa shape index (κ1) is 7.86. The largest absolute Gasteiger partial charge is 0.495 e. The Morgan fingerprint density at radius 3 is 3.00 bits per heavy atom. The number of aromatic nitrogens is 1. The van der Waals surface area contributed by atoms with Gasteiger partial charge in [0.25, 0.3) is 0 Å². The first-order chi connectivity index (χ1) is 6.35. The molecule has 0 fully saturated rings. The molecule has 0 aliphatic heterocycles. The molecule has 0 atom stereocenters. The number of H-pyrrole nitrogens is 1. The van der Waals surface area contributed by atoms with Gasteiger partial charge in [0, 0.05) is 17.1 Å². The summed E-state index contributed by atoms with van der Waals surface area (Å²) in [5.74, 6) is 0.699. The highest BCUT2D eigenvalue weighted by Gasteiger charge is 2.04. The van der Waals surface area contributed by atoms with E-state index in [2.05, 4.69) is 4.98 Å². The molecule has 0 aliphatic carbocycles. The van der Waals surface area contributed by atoms with Crippen molar-refractivity contribution in [3.05, 3.63) is 30.0 Å². The molecule has 66 valence electrons. The molecule has 1 aromatic heterocycles. The molecule has 3 nitrogen and oxygen atoms in total. The quantitative estimate of drug-likeness (QED) is 0.709. The smallest absolute Gasteiger partial charge is 0.150 e. The van der Waals surface area contributed by atoms with Crippen molar-refractivity contribution in [2.75, 3.05) is 7.11 Å². The molecule has 3 heteroatoms. The van der Waals surface area contributed by atoms with Crippen LogP contribution in [0.15, 0.2) is 24.4 Å². The van der Waals surface area contributed by atoms with Crippen LogP contribution in [0.4, 0.5) is 0 Å². The van der Waals surface area contributed by atoms with Gasteiger partial charge in [0.1, 0.15) is 12.0 Å². The van der Waals surface area contributed by atoms with Crippen LogP contribution in [0.3, 0.4) is 0 Å². The summed E-state index contributed by atoms with van der Waals surface area (Å²) in [5.41, 5.74) is 1.55. The van der Waals surface area contributed by atoms with Gasteiger partial charge in [-0.05, 0) is 18.2 Å². The van der Waals surface area contributed by atoms with E-state index < -0.39 is 0 Å². The molecular weight excluding hydrogens is 166 g/mol. The van der Waals surface area contributed by atoms with Gasteiger partial charge >= 0.3 is 0 Å². The molecule has 2 aromatic rings. The van der Waals surface area contributed by atoms with Crippen LogP contribution in [0.1, 0.15) is 10.4 Å². The molecule has 1 aromatic carbocycles. The van der Waals surface area contributed by atoms with Crippen LogP contribution in [0, 0.1) is 0 Å². The number of rotatable bonds is 2. The zero-order valence-electron chi connectivity index (χ0n) is 7.20. The number of carbonyl (C=O) groups is 1. The average molecular weight is 175 g/mol. The fraction of sp³-hybridized carbons (Fsp3) is 0.100. The molecular formula is C10H9NO2. The molecule has 0 saturated carbocycles. The van der Waals surface area contributed by atoms with Crippen LogP contribution >= 0.6 is 0 Å². The maximum atomic E-state index is 10.6. The van der Waals surface area contributed by atoms with Crippen molar-refractivity contribution in [3.8, 4) is 5.75 Å². The van der Waals surface area contributed by atoms with Crippen molar-refractivity contribution < 1.29 is 9.53 Å². The summed E-state index contributed by atoms with van der Waals surface area (Å²) in [4.78, 5) is 13.6. The molecule has 13 heavy (non-hydrogen) atoms. The number of fused-ring (bicyclic) bond motifs is 1. The van der Waals surface area contributed by atoms with Gasteiger partial charge in [-0.3, -0.25) is 4.79 Å². The molecule has 0 radical (unpaired) electrons. The molecule has 0 amide bonds. The summed E-state index contributed by atoms with van der Waals surface area (Å²) in [6.07, 6.45) is 2.64. The summed E-state index contributed by atoms with van der Waals surface area (Å²) in [6, 6.07) is 5.44. The maximum Gasteiger partial charge on any atom is 0.150 e. The fourth-order valence-electron chi connectivity index (χ4n) is 1.39. The Balaban J connectivity index is 2.77. The van der Waals surface area contributed by atoms with Crippen LogP contribution in [0.2, 0.25) is 0 Å². The van der Waals surface area contributed by atoms with Crippen molar-refractivity contribution >= 4 is 17.2 Å². The molecule has 0 bridgehead atoms. The van der Waals surface area contributed by atoms with Gasteiger partial charge in [-0.1, -0.05) is 0 Å². The van der Waals surface area contributed by atoms with Crippen LogP contribution in [-0.2, 0) is 0 Å². The summed E-state index contributed by atoms with van der Waals surface area (Å²) >= 11 is 0. The van der Waals surface area contributed by atoms with E-state index in [1.807, 2.05) is 18.3 Å². The molecule has 0 aliphatic rings. The SMILES string of the molecule is COc1cc(C=O)cc2cc[nH]c12. The monoisotopic (exact) mass is 175 g/mol. The molecule has 2 rings (SSSR count). The lowest BCUT2D eigenvalue weighted by Crippen LogP contribution is -1.87. The van der Waals surface area contributed by atoms with E-state index in [0.29, 0.717) is 11.3 Å². The van der Waals surface area contributed by atoms with Crippen LogP contribution in [0.5, 0.6) is 5.75 Å². The zero-order chi connectivity index (χ0) is 9.26. The van der Waals surface area contributed by atoms with E-state index >= 15 is 0 Å². The fourth-order valence-corrected chi connectivity index (χ4v) is 1.39. The van der Waals surface area contributed by atoms with Crippen molar-refractivity contribution in [2.45, 2.75) is 0 Å². The highest BCUT2D eigenvalue weighted by Crippen LogP contribution is 2.25. The van der Waals surface area contributed by atoms with Gasteiger partial charge < -0.3 is 9.72 Å². The summed E-state index contributed by atoms with van der Waals surface area (Å²) < 4.78 is 5.14. The molecule has 0 spiro atoms. The van der Waals surface area contributed by atoms with E-state index in [0.717, 1.165) is 17.2 Å². The third-order valence-corrected chi connectivity index (χ3v) is 2.00. The third-order valence-electron chi connectivity index (χ3n) is 2.00. The summed E-state index contributed by atoms with van der Waals surface area (Å²) in [5, 5.41) is 0.987. The number of nitrogens with one attached hydrogen (secondary N) is 1. The molecule has 1 N–H and O–H groups in total. The predicted molar refractivity (Wildman–Crippen MR) is 50.2 cm³/mol. The predicted octanol–water partition coefficient (Wildman–Crippen LogP) is 1.99. The Hall–Kier alpha value is -1.77. The van der Waals surface area contributed by atoms with E-state index in [-0.39, 0.29) is 0 Å². The second kappa shape index (κ2) is 2.94. The minimum absolute atomic E-state index is 0.629. The lowest BCUT2D eigenvalue weighted by atomic mass is 10.1. The molecule has 1 heterocycles. The Morgan fingerprint density at radius 2 is 2.31 bits per heavy atom. The number of carbonyl (C=O) groups excluding carboxylic acids is 1. The second-order valence-corrected chi connectivity index (χ2v) is 2.78. The minimum atomic E-state index is 0.629. The van der Waals surface area contributed by atoms with E-state index in [4.69, 9.17) is 4.74 Å². The Kier molecular flexibility index (Phi) is 1.77. The lowest BCUT2D eigenvalue weighted by Gasteiger charge is -2.02. The Bertz CT molecular complexity index is 445. The normalized spacial score (nSPS) is 10.2. The van der Waals surface area contributed by atoms with Crippen LogP contribution < -0.4 is 4.74 Å². The van der Waals surface area contributed by atoms with Gasteiger partial charge in [0.05, 0.1) is 12.6 Å². The van der Waals surface area contributed by atoms with E-state index in [1.54, 1.807) is 13.2 Å². The first-order valence-electron chi connectivity index (χ1n) is 3.95. The number of aldehydes is 1. The van der Waals surface area contributed by atoms with Gasteiger partial charge in [-0.15, -0.1) is 0 Å². The van der Waals surface area contributed by atoms with Crippen molar-refractivity contribution in [3.63, 3.8) is 0 Å². The third kappa shape index (κ3) is 1.18. The highest BCUT2D eigenvalue weighted by molar-refractivity contribution is 5.91. The standard InChI is InChI=1S/C10H9NO2/c1-13-9-5-7(6-12)4-8-2-3-11-10(8)9/h2-6,11H,1H3. The summed E-state index contributed by atoms with van der Waals surface area (Å²) in [7, 11) is 1.59. The van der Waals surface area contributed by atoms with Gasteiger partial charge in [-0.25, -0.2) is 0 Å². The van der Waals surface area contributed by atoms with E-state index in [1.165, 1.54) is 0 Å². The van der Waals surface area contributed by atoms with Gasteiger partial charge in [-0.2, -0.15) is 0 Å². The van der Waals surface area contributed by atoms with E-state index in [9.17, 15) is 4.79 Å². The second-order valence-electron chi connectivity index (χ2n) is 2.78.